The van der Waals surface area contributed by atoms with Crippen LogP contribution in [0.1, 0.15) is 26.2 Å². The van der Waals surface area contributed by atoms with E-state index in [0.29, 0.717) is 21.1 Å². The van der Waals surface area contributed by atoms with E-state index in [-0.39, 0.29) is 5.75 Å². The number of thiol groups is 2. The highest BCUT2D eigenvalue weighted by Crippen LogP contribution is 2.23. The number of sulfone groups is 1. The van der Waals surface area contributed by atoms with Crippen LogP contribution in [0.3, 0.4) is 0 Å². The summed E-state index contributed by atoms with van der Waals surface area (Å²) in [4.78, 5) is 1.63. The summed E-state index contributed by atoms with van der Waals surface area (Å²) in [5.74, 6) is 0.208. The molecule has 0 N–H and O–H groups in total. The molecule has 5 heteroatoms. The Balaban J connectivity index is 2.86. The van der Waals surface area contributed by atoms with Crippen molar-refractivity contribution in [1.29, 1.82) is 0 Å². The average Bonchev–Trinajstić information content (AvgIpc) is 2.22. The third-order valence-electron chi connectivity index (χ3n) is 2.32. The molecule has 0 saturated carbocycles. The van der Waals surface area contributed by atoms with Gasteiger partial charge in [-0.15, -0.1) is 25.3 Å². The second kappa shape index (κ2) is 5.98. The van der Waals surface area contributed by atoms with Crippen molar-refractivity contribution in [3.8, 4) is 0 Å². The Labute approximate surface area is 108 Å². The minimum absolute atomic E-state index is 0.208. The second-order valence-electron chi connectivity index (χ2n) is 3.68. The monoisotopic (exact) mass is 276 g/mol. The van der Waals surface area contributed by atoms with Crippen LogP contribution in [0, 0.1) is 0 Å². The molecule has 90 valence electrons. The molecule has 0 aromatic heterocycles. The van der Waals surface area contributed by atoms with Gasteiger partial charge in [-0.05, 0) is 24.6 Å². The second-order valence-corrected chi connectivity index (χ2v) is 6.75. The van der Waals surface area contributed by atoms with Crippen LogP contribution < -0.4 is 0 Å². The van der Waals surface area contributed by atoms with Gasteiger partial charge in [-0.1, -0.05) is 19.8 Å². The van der Waals surface area contributed by atoms with E-state index in [1.54, 1.807) is 18.2 Å². The lowest BCUT2D eigenvalue weighted by molar-refractivity contribution is 0.590. The normalized spacial score (nSPS) is 11.7. The van der Waals surface area contributed by atoms with E-state index in [1.165, 1.54) is 0 Å². The van der Waals surface area contributed by atoms with Gasteiger partial charge in [-0.3, -0.25) is 0 Å². The summed E-state index contributed by atoms with van der Waals surface area (Å²) in [7, 11) is -3.15. The fourth-order valence-electron chi connectivity index (χ4n) is 1.36. The van der Waals surface area contributed by atoms with Crippen LogP contribution in [0.4, 0.5) is 0 Å². The first-order valence-electron chi connectivity index (χ1n) is 5.22. The predicted octanol–water partition coefficient (Wildman–Crippen LogP) is 3.23. The quantitative estimate of drug-likeness (QED) is 0.639. The molecule has 0 saturated heterocycles. The molecule has 0 bridgehead atoms. The molecule has 1 rings (SSSR count). The smallest absolute Gasteiger partial charge is 0.178 e. The number of rotatable bonds is 5. The minimum atomic E-state index is -3.15. The van der Waals surface area contributed by atoms with Gasteiger partial charge in [0.1, 0.15) is 0 Å². The van der Waals surface area contributed by atoms with Gasteiger partial charge in [-0.2, -0.15) is 0 Å². The molecule has 0 amide bonds. The molecule has 16 heavy (non-hydrogen) atoms. The van der Waals surface area contributed by atoms with Crippen molar-refractivity contribution >= 4 is 35.1 Å². The molecule has 0 aliphatic heterocycles. The van der Waals surface area contributed by atoms with Crippen LogP contribution in [0.2, 0.25) is 0 Å². The first-order chi connectivity index (χ1) is 7.47. The maximum atomic E-state index is 11.9. The minimum Gasteiger partial charge on any atom is -0.224 e. The maximum absolute atomic E-state index is 11.9. The molecule has 0 spiro atoms. The zero-order chi connectivity index (χ0) is 12.2. The molecular formula is C11H16O2S3. The van der Waals surface area contributed by atoms with Gasteiger partial charge in [0.2, 0.25) is 0 Å². The van der Waals surface area contributed by atoms with Gasteiger partial charge >= 0.3 is 0 Å². The highest BCUT2D eigenvalue weighted by molar-refractivity contribution is 7.91. The lowest BCUT2D eigenvalue weighted by Crippen LogP contribution is -2.06. The highest BCUT2D eigenvalue weighted by atomic mass is 32.2. The first kappa shape index (κ1) is 13.9. The van der Waals surface area contributed by atoms with Gasteiger partial charge in [-0.25, -0.2) is 8.42 Å². The number of hydrogen-bond donors (Lipinski definition) is 2. The molecule has 1 aromatic rings. The van der Waals surface area contributed by atoms with Crippen molar-refractivity contribution in [2.24, 2.45) is 0 Å². The summed E-state index contributed by atoms with van der Waals surface area (Å²) >= 11 is 8.32. The van der Waals surface area contributed by atoms with Crippen molar-refractivity contribution < 1.29 is 8.42 Å². The summed E-state index contributed by atoms with van der Waals surface area (Å²) in [5.41, 5.74) is 0. The maximum Gasteiger partial charge on any atom is 0.178 e. The molecular weight excluding hydrogens is 260 g/mol. The molecule has 0 unspecified atom stereocenters. The molecule has 2 nitrogen and oxygen atoms in total. The lowest BCUT2D eigenvalue weighted by Gasteiger charge is -2.05. The fourth-order valence-corrected chi connectivity index (χ4v) is 3.19. The third-order valence-corrected chi connectivity index (χ3v) is 5.06. The van der Waals surface area contributed by atoms with E-state index < -0.39 is 9.84 Å². The van der Waals surface area contributed by atoms with Gasteiger partial charge in [0, 0.05) is 9.79 Å². The zero-order valence-corrected chi connectivity index (χ0v) is 11.8. The van der Waals surface area contributed by atoms with Crippen molar-refractivity contribution in [3.05, 3.63) is 18.2 Å². The Hall–Kier alpha value is -0.130. The van der Waals surface area contributed by atoms with Crippen molar-refractivity contribution in [3.63, 3.8) is 0 Å². The number of unbranched alkanes of at least 4 members (excludes halogenated alkanes) is 2. The van der Waals surface area contributed by atoms with Crippen LogP contribution in [0.5, 0.6) is 0 Å². The number of benzene rings is 1. The van der Waals surface area contributed by atoms with Gasteiger partial charge in [0.05, 0.1) is 10.6 Å². The van der Waals surface area contributed by atoms with Crippen LogP contribution in [-0.4, -0.2) is 14.2 Å². The topological polar surface area (TPSA) is 34.1 Å². The Bertz CT molecular complexity index is 452. The highest BCUT2D eigenvalue weighted by Gasteiger charge is 2.14. The molecule has 1 aromatic carbocycles. The summed E-state index contributed by atoms with van der Waals surface area (Å²) in [6.45, 7) is 2.05. The number of hydrogen-bond acceptors (Lipinski definition) is 4. The van der Waals surface area contributed by atoms with Crippen molar-refractivity contribution in [2.75, 3.05) is 5.75 Å². The van der Waals surface area contributed by atoms with Crippen LogP contribution in [-0.2, 0) is 9.84 Å². The van der Waals surface area contributed by atoms with Crippen molar-refractivity contribution in [2.45, 2.75) is 40.9 Å². The summed E-state index contributed by atoms with van der Waals surface area (Å²) in [5, 5.41) is 0. The standard InChI is InChI=1S/C11H16O2S3/c1-2-3-4-7-16(12,13)9-5-6-10(14)11(15)8-9/h5-6,8,14-15H,2-4,7H2,1H3. The molecule has 0 aliphatic carbocycles. The average molecular weight is 276 g/mol. The van der Waals surface area contributed by atoms with E-state index >= 15 is 0 Å². The zero-order valence-electron chi connectivity index (χ0n) is 9.18. The first-order valence-corrected chi connectivity index (χ1v) is 7.77. The molecule has 0 heterocycles. The summed E-state index contributed by atoms with van der Waals surface area (Å²) < 4.78 is 23.8. The van der Waals surface area contributed by atoms with E-state index in [2.05, 4.69) is 25.3 Å². The largest absolute Gasteiger partial charge is 0.224 e. The lowest BCUT2D eigenvalue weighted by atomic mass is 10.3. The Morgan fingerprint density at radius 3 is 2.38 bits per heavy atom. The van der Waals surface area contributed by atoms with Gasteiger partial charge in [0.25, 0.3) is 0 Å². The van der Waals surface area contributed by atoms with E-state index in [9.17, 15) is 8.42 Å². The van der Waals surface area contributed by atoms with Crippen molar-refractivity contribution in [1.82, 2.24) is 0 Å². The Kier molecular flexibility index (Phi) is 5.21. The van der Waals surface area contributed by atoms with E-state index in [4.69, 9.17) is 0 Å². The molecule has 0 radical (unpaired) electrons. The van der Waals surface area contributed by atoms with E-state index in [1.807, 2.05) is 6.92 Å². The van der Waals surface area contributed by atoms with Crippen LogP contribution in [0.15, 0.2) is 32.9 Å². The summed E-state index contributed by atoms with van der Waals surface area (Å²) in [6.07, 6.45) is 2.67. The van der Waals surface area contributed by atoms with Crippen LogP contribution in [0.25, 0.3) is 0 Å². The van der Waals surface area contributed by atoms with E-state index in [0.717, 1.165) is 12.8 Å². The van der Waals surface area contributed by atoms with Gasteiger partial charge in [0.15, 0.2) is 9.84 Å². The fraction of sp³-hybridized carbons (Fsp3) is 0.455. The van der Waals surface area contributed by atoms with Gasteiger partial charge < -0.3 is 0 Å². The Morgan fingerprint density at radius 1 is 1.12 bits per heavy atom. The molecule has 0 aliphatic rings. The third kappa shape index (κ3) is 3.71. The summed E-state index contributed by atoms with van der Waals surface area (Å²) in [6, 6.07) is 4.81. The Morgan fingerprint density at radius 2 is 1.81 bits per heavy atom. The molecule has 0 atom stereocenters. The SMILES string of the molecule is CCCCCS(=O)(=O)c1ccc(S)c(S)c1. The predicted molar refractivity (Wildman–Crippen MR) is 72.5 cm³/mol. The van der Waals surface area contributed by atoms with Crippen LogP contribution >= 0.6 is 25.3 Å². The molecule has 0 fully saturated rings.